The van der Waals surface area contributed by atoms with Crippen LogP contribution in [-0.2, 0) is 19.6 Å². The summed E-state index contributed by atoms with van der Waals surface area (Å²) in [5, 5.41) is 0. The molecule has 23 heavy (non-hydrogen) atoms. The van der Waals surface area contributed by atoms with Gasteiger partial charge >= 0.3 is 5.97 Å². The van der Waals surface area contributed by atoms with E-state index in [1.807, 2.05) is 0 Å². The average molecular weight is 346 g/mol. The Morgan fingerprint density at radius 2 is 1.87 bits per heavy atom. The zero-order valence-electron chi connectivity index (χ0n) is 13.1. The van der Waals surface area contributed by atoms with Gasteiger partial charge in [0.15, 0.2) is 6.10 Å². The first-order chi connectivity index (χ1) is 10.6. The van der Waals surface area contributed by atoms with Gasteiger partial charge in [0.05, 0.1) is 10.5 Å². The lowest BCUT2D eigenvalue weighted by Crippen LogP contribution is -2.32. The number of sulfonamides is 1. The van der Waals surface area contributed by atoms with Crippen molar-refractivity contribution in [1.82, 2.24) is 4.31 Å². The van der Waals surface area contributed by atoms with Crippen molar-refractivity contribution >= 4 is 21.9 Å². The number of carbonyl (C=O) groups is 2. The lowest BCUT2D eigenvalue weighted by Gasteiger charge is -2.19. The third-order valence-corrected chi connectivity index (χ3v) is 5.23. The van der Waals surface area contributed by atoms with Crippen molar-refractivity contribution < 1.29 is 27.1 Å². The molecule has 1 rings (SSSR count). The van der Waals surface area contributed by atoms with Gasteiger partial charge in [-0.15, -0.1) is 0 Å². The molecule has 0 saturated carbocycles. The third-order valence-electron chi connectivity index (χ3n) is 3.19. The van der Waals surface area contributed by atoms with Crippen LogP contribution in [0, 0.1) is 5.82 Å². The van der Waals surface area contributed by atoms with Crippen LogP contribution < -0.4 is 5.73 Å². The average Bonchev–Trinajstić information content (AvgIpc) is 2.48. The molecule has 1 amide bonds. The highest BCUT2D eigenvalue weighted by Crippen LogP contribution is 2.20. The second-order valence-electron chi connectivity index (χ2n) is 4.68. The zero-order chi connectivity index (χ0) is 17.8. The summed E-state index contributed by atoms with van der Waals surface area (Å²) in [5.41, 5.74) is 4.39. The smallest absolute Gasteiger partial charge is 0.341 e. The van der Waals surface area contributed by atoms with Gasteiger partial charge in [0, 0.05) is 13.1 Å². The van der Waals surface area contributed by atoms with Crippen LogP contribution in [-0.4, -0.2) is 43.8 Å². The molecule has 1 aromatic rings. The van der Waals surface area contributed by atoms with Crippen LogP contribution in [0.15, 0.2) is 23.1 Å². The second kappa shape index (κ2) is 7.51. The summed E-state index contributed by atoms with van der Waals surface area (Å²) in [4.78, 5) is 22.5. The van der Waals surface area contributed by atoms with E-state index in [1.54, 1.807) is 13.8 Å². The number of nitrogens with zero attached hydrogens (tertiary/aromatic N) is 1. The highest BCUT2D eigenvalue weighted by Gasteiger charge is 2.26. The van der Waals surface area contributed by atoms with Crippen LogP contribution >= 0.6 is 0 Å². The van der Waals surface area contributed by atoms with E-state index in [-0.39, 0.29) is 18.0 Å². The van der Waals surface area contributed by atoms with Crippen molar-refractivity contribution in [2.45, 2.75) is 31.8 Å². The number of primary amides is 1. The number of carbonyl (C=O) groups excluding carboxylic acids is 2. The molecule has 0 bridgehead atoms. The fraction of sp³-hybridized carbons (Fsp3) is 0.429. The number of ether oxygens (including phenoxy) is 1. The van der Waals surface area contributed by atoms with Crippen LogP contribution in [0.25, 0.3) is 0 Å². The normalized spacial score (nSPS) is 12.9. The van der Waals surface area contributed by atoms with E-state index in [0.717, 1.165) is 18.2 Å². The fourth-order valence-electron chi connectivity index (χ4n) is 1.82. The number of nitrogens with two attached hydrogens (primary N) is 1. The predicted molar refractivity (Wildman–Crippen MR) is 80.6 cm³/mol. The van der Waals surface area contributed by atoms with Crippen LogP contribution in [0.3, 0.4) is 0 Å². The molecule has 0 unspecified atom stereocenters. The largest absolute Gasteiger partial charge is 0.449 e. The summed E-state index contributed by atoms with van der Waals surface area (Å²) < 4.78 is 44.4. The van der Waals surface area contributed by atoms with Gasteiger partial charge in [-0.05, 0) is 25.1 Å². The molecule has 2 N–H and O–H groups in total. The van der Waals surface area contributed by atoms with E-state index >= 15 is 0 Å². The highest BCUT2D eigenvalue weighted by molar-refractivity contribution is 7.89. The number of hydrogen-bond acceptors (Lipinski definition) is 5. The Labute approximate surface area is 134 Å². The minimum atomic E-state index is -3.85. The molecule has 0 aliphatic rings. The number of rotatable bonds is 7. The minimum absolute atomic E-state index is 0.231. The molecule has 0 heterocycles. The van der Waals surface area contributed by atoms with Gasteiger partial charge in [0.25, 0.3) is 5.91 Å². The molecule has 0 aliphatic heterocycles. The molecule has 9 heteroatoms. The summed E-state index contributed by atoms with van der Waals surface area (Å²) in [6.07, 6.45) is -1.26. The van der Waals surface area contributed by atoms with Gasteiger partial charge in [-0.1, -0.05) is 13.8 Å². The topological polar surface area (TPSA) is 107 Å². The van der Waals surface area contributed by atoms with Crippen LogP contribution in [0.1, 0.15) is 31.1 Å². The number of halogens is 1. The first kappa shape index (κ1) is 19.0. The molecule has 0 fully saturated rings. The van der Waals surface area contributed by atoms with Crippen LogP contribution in [0.2, 0.25) is 0 Å². The van der Waals surface area contributed by atoms with E-state index in [2.05, 4.69) is 0 Å². The Hall–Kier alpha value is -2.00. The van der Waals surface area contributed by atoms with Gasteiger partial charge in [-0.25, -0.2) is 17.6 Å². The third kappa shape index (κ3) is 4.26. The predicted octanol–water partition coefficient (Wildman–Crippen LogP) is 0.887. The van der Waals surface area contributed by atoms with Crippen molar-refractivity contribution in [3.63, 3.8) is 0 Å². The minimum Gasteiger partial charge on any atom is -0.449 e. The zero-order valence-corrected chi connectivity index (χ0v) is 13.9. The van der Waals surface area contributed by atoms with Crippen molar-refractivity contribution in [2.75, 3.05) is 13.1 Å². The monoisotopic (exact) mass is 346 g/mol. The Morgan fingerprint density at radius 3 is 2.35 bits per heavy atom. The number of amides is 1. The van der Waals surface area contributed by atoms with E-state index < -0.39 is 39.4 Å². The standard InChI is InChI=1S/C14H19FN2O5S/c1-4-17(5-2)23(20,21)10-6-7-12(15)11(8-10)14(19)22-9(3)13(16)18/h6-9H,4-5H2,1-3H3,(H2,16,18)/t9-/m1/s1. The Balaban J connectivity index is 3.23. The SMILES string of the molecule is CCN(CC)S(=O)(=O)c1ccc(F)c(C(=O)O[C@H](C)C(N)=O)c1. The van der Waals surface area contributed by atoms with E-state index in [4.69, 9.17) is 10.5 Å². The molecule has 1 atom stereocenters. The lowest BCUT2D eigenvalue weighted by molar-refractivity contribution is -0.125. The highest BCUT2D eigenvalue weighted by atomic mass is 32.2. The second-order valence-corrected chi connectivity index (χ2v) is 6.62. The number of hydrogen-bond donors (Lipinski definition) is 1. The summed E-state index contributed by atoms with van der Waals surface area (Å²) in [6.45, 7) is 5.01. The molecule has 0 saturated heterocycles. The van der Waals surface area contributed by atoms with E-state index in [9.17, 15) is 22.4 Å². The van der Waals surface area contributed by atoms with Crippen molar-refractivity contribution in [1.29, 1.82) is 0 Å². The molecule has 7 nitrogen and oxygen atoms in total. The molecular weight excluding hydrogens is 327 g/mol. The summed E-state index contributed by atoms with van der Waals surface area (Å²) in [6, 6.07) is 2.82. The maximum Gasteiger partial charge on any atom is 0.341 e. The van der Waals surface area contributed by atoms with Gasteiger partial charge in [0.1, 0.15) is 5.82 Å². The Kier molecular flexibility index (Phi) is 6.22. The Bertz CT molecular complexity index is 701. The van der Waals surface area contributed by atoms with Crippen LogP contribution in [0.5, 0.6) is 0 Å². The fourth-order valence-corrected chi connectivity index (χ4v) is 3.30. The van der Waals surface area contributed by atoms with Crippen molar-refractivity contribution in [2.24, 2.45) is 5.73 Å². The van der Waals surface area contributed by atoms with Gasteiger partial charge in [-0.2, -0.15) is 4.31 Å². The first-order valence-electron chi connectivity index (χ1n) is 6.95. The van der Waals surface area contributed by atoms with E-state index in [0.29, 0.717) is 0 Å². The summed E-state index contributed by atoms with van der Waals surface area (Å²) in [7, 11) is -3.85. The maximum absolute atomic E-state index is 13.8. The molecule has 1 aromatic carbocycles. The molecular formula is C14H19FN2O5S. The summed E-state index contributed by atoms with van der Waals surface area (Å²) in [5.74, 6) is -3.01. The van der Waals surface area contributed by atoms with Crippen molar-refractivity contribution in [3.05, 3.63) is 29.6 Å². The number of benzene rings is 1. The van der Waals surface area contributed by atoms with Crippen molar-refractivity contribution in [3.8, 4) is 0 Å². The van der Waals surface area contributed by atoms with E-state index in [1.165, 1.54) is 11.2 Å². The Morgan fingerprint density at radius 1 is 1.30 bits per heavy atom. The van der Waals surface area contributed by atoms with Gasteiger partial charge < -0.3 is 10.5 Å². The molecule has 0 aliphatic carbocycles. The molecule has 0 radical (unpaired) electrons. The molecule has 0 aromatic heterocycles. The van der Waals surface area contributed by atoms with Gasteiger partial charge in [0.2, 0.25) is 10.0 Å². The molecule has 128 valence electrons. The maximum atomic E-state index is 13.8. The summed E-state index contributed by atoms with van der Waals surface area (Å²) >= 11 is 0. The van der Waals surface area contributed by atoms with Gasteiger partial charge in [-0.3, -0.25) is 4.79 Å². The first-order valence-corrected chi connectivity index (χ1v) is 8.39. The molecule has 0 spiro atoms. The quantitative estimate of drug-likeness (QED) is 0.738. The lowest BCUT2D eigenvalue weighted by atomic mass is 10.2. The number of esters is 1. The van der Waals surface area contributed by atoms with Crippen LogP contribution in [0.4, 0.5) is 4.39 Å².